The van der Waals surface area contributed by atoms with Crippen molar-refractivity contribution in [3.63, 3.8) is 0 Å². The van der Waals surface area contributed by atoms with E-state index >= 15 is 0 Å². The molecular formula is C16H23F2NS3. The highest BCUT2D eigenvalue weighted by Crippen LogP contribution is 2.47. The van der Waals surface area contributed by atoms with Crippen molar-refractivity contribution in [3.8, 4) is 0 Å². The maximum atomic E-state index is 12.9. The van der Waals surface area contributed by atoms with Gasteiger partial charge in [-0.05, 0) is 32.3 Å². The minimum atomic E-state index is -0.0699. The van der Waals surface area contributed by atoms with Crippen molar-refractivity contribution in [1.29, 1.82) is 0 Å². The molecule has 6 heteroatoms. The van der Waals surface area contributed by atoms with Crippen LogP contribution in [0.5, 0.6) is 0 Å². The second-order valence-corrected chi connectivity index (χ2v) is 7.90. The fraction of sp³-hybridized carbons (Fsp3) is 0.500. The fourth-order valence-corrected chi connectivity index (χ4v) is 4.24. The van der Waals surface area contributed by atoms with Gasteiger partial charge >= 0.3 is 0 Å². The van der Waals surface area contributed by atoms with E-state index in [0.29, 0.717) is 9.10 Å². The van der Waals surface area contributed by atoms with E-state index in [1.165, 1.54) is 17.8 Å². The molecule has 1 saturated carbocycles. The molecule has 0 amide bonds. The van der Waals surface area contributed by atoms with Gasteiger partial charge in [-0.15, -0.1) is 11.3 Å². The standard InChI is InChI=1S/C13H15F2NS3.C3H8/c1-7(2)13(5-6-13)16-9(4)10-8(3)11(18-14)12(17-10)19-15;1-3-2/h16H,1,4-6H2,2-3H3;3H2,1-2H3. The van der Waals surface area contributed by atoms with Gasteiger partial charge in [0.1, 0.15) is 4.21 Å². The molecule has 0 unspecified atom stereocenters. The van der Waals surface area contributed by atoms with Crippen molar-refractivity contribution in [2.75, 3.05) is 0 Å². The van der Waals surface area contributed by atoms with Crippen LogP contribution >= 0.6 is 35.6 Å². The van der Waals surface area contributed by atoms with Crippen LogP contribution in [0, 0.1) is 6.92 Å². The molecular weight excluding hydrogens is 340 g/mol. The molecule has 0 radical (unpaired) electrons. The lowest BCUT2D eigenvalue weighted by Gasteiger charge is -2.20. The summed E-state index contributed by atoms with van der Waals surface area (Å²) in [6.07, 6.45) is 3.31. The van der Waals surface area contributed by atoms with E-state index in [4.69, 9.17) is 0 Å². The van der Waals surface area contributed by atoms with E-state index in [1.54, 1.807) is 6.92 Å². The minimum Gasteiger partial charge on any atom is -0.375 e. The Morgan fingerprint density at radius 3 is 2.14 bits per heavy atom. The van der Waals surface area contributed by atoms with Gasteiger partial charge in [0, 0.05) is 5.70 Å². The zero-order valence-electron chi connectivity index (χ0n) is 13.5. The Labute approximate surface area is 145 Å². The third kappa shape index (κ3) is 4.30. The Bertz CT molecular complexity index is 548. The molecule has 2 rings (SSSR count). The maximum absolute atomic E-state index is 12.9. The summed E-state index contributed by atoms with van der Waals surface area (Å²) in [5, 5.41) is 3.37. The van der Waals surface area contributed by atoms with Crippen LogP contribution < -0.4 is 5.32 Å². The molecule has 0 aromatic carbocycles. The zero-order valence-corrected chi connectivity index (χ0v) is 16.0. The monoisotopic (exact) mass is 363 g/mol. The lowest BCUT2D eigenvalue weighted by molar-refractivity contribution is 0.684. The predicted molar refractivity (Wildman–Crippen MR) is 97.9 cm³/mol. The molecule has 1 aromatic heterocycles. The number of rotatable bonds is 6. The smallest absolute Gasteiger partial charge is 0.110 e. The summed E-state index contributed by atoms with van der Waals surface area (Å²) in [6.45, 7) is 16.0. The van der Waals surface area contributed by atoms with E-state index < -0.39 is 0 Å². The number of halogens is 2. The van der Waals surface area contributed by atoms with Crippen molar-refractivity contribution in [3.05, 3.63) is 29.2 Å². The van der Waals surface area contributed by atoms with Crippen molar-refractivity contribution in [1.82, 2.24) is 5.32 Å². The average molecular weight is 364 g/mol. The van der Waals surface area contributed by atoms with Gasteiger partial charge in [-0.2, -0.15) is 7.77 Å². The van der Waals surface area contributed by atoms with Crippen LogP contribution in [0.15, 0.2) is 27.8 Å². The van der Waals surface area contributed by atoms with Gasteiger partial charge in [0.25, 0.3) is 0 Å². The summed E-state index contributed by atoms with van der Waals surface area (Å²) in [7, 11) is 0. The van der Waals surface area contributed by atoms with Gasteiger partial charge in [0.15, 0.2) is 0 Å². The predicted octanol–water partition coefficient (Wildman–Crippen LogP) is 7.10. The second-order valence-electron chi connectivity index (χ2n) is 5.50. The SMILES string of the molecule is C=C(NC1(C(=C)C)CC1)c1sc(SF)c(SF)c1C.CCC. The van der Waals surface area contributed by atoms with Gasteiger partial charge in [-0.25, -0.2) is 0 Å². The molecule has 124 valence electrons. The van der Waals surface area contributed by atoms with Gasteiger partial charge < -0.3 is 5.32 Å². The topological polar surface area (TPSA) is 12.0 Å². The van der Waals surface area contributed by atoms with Crippen molar-refractivity contribution in [2.45, 2.75) is 61.6 Å². The Morgan fingerprint density at radius 1 is 1.27 bits per heavy atom. The first-order valence-corrected chi connectivity index (χ1v) is 9.45. The maximum Gasteiger partial charge on any atom is 0.110 e. The summed E-state index contributed by atoms with van der Waals surface area (Å²) >= 11 is 1.41. The number of thiophene rings is 1. The highest BCUT2D eigenvalue weighted by molar-refractivity contribution is 7.98. The third-order valence-electron chi connectivity index (χ3n) is 3.44. The quantitative estimate of drug-likeness (QED) is 0.542. The van der Waals surface area contributed by atoms with Crippen molar-refractivity contribution >= 4 is 41.3 Å². The first-order chi connectivity index (χ1) is 10.4. The van der Waals surface area contributed by atoms with E-state index in [1.807, 2.05) is 6.92 Å². The van der Waals surface area contributed by atoms with Crippen molar-refractivity contribution in [2.24, 2.45) is 0 Å². The lowest BCUT2D eigenvalue weighted by atomic mass is 10.1. The van der Waals surface area contributed by atoms with Crippen LogP contribution in [-0.2, 0) is 0 Å². The van der Waals surface area contributed by atoms with Crippen molar-refractivity contribution < 1.29 is 7.77 Å². The Hall–Kier alpha value is -0.460. The van der Waals surface area contributed by atoms with Crippen LogP contribution in [0.25, 0.3) is 5.70 Å². The van der Waals surface area contributed by atoms with E-state index in [0.717, 1.165) is 34.6 Å². The van der Waals surface area contributed by atoms with E-state index in [-0.39, 0.29) is 29.8 Å². The largest absolute Gasteiger partial charge is 0.375 e. The molecule has 1 aromatic rings. The molecule has 22 heavy (non-hydrogen) atoms. The molecule has 1 aliphatic carbocycles. The van der Waals surface area contributed by atoms with Crippen LogP contribution in [0.1, 0.15) is 50.5 Å². The highest BCUT2D eigenvalue weighted by Gasteiger charge is 2.44. The third-order valence-corrected chi connectivity index (χ3v) is 6.29. The Kier molecular flexibility index (Phi) is 7.49. The molecule has 0 bridgehead atoms. The average Bonchev–Trinajstić information content (AvgIpc) is 3.17. The van der Waals surface area contributed by atoms with Crippen LogP contribution in [0.4, 0.5) is 7.77 Å². The van der Waals surface area contributed by atoms with Crippen LogP contribution in [-0.4, -0.2) is 5.54 Å². The molecule has 1 nitrogen and oxygen atoms in total. The lowest BCUT2D eigenvalue weighted by Crippen LogP contribution is -2.30. The van der Waals surface area contributed by atoms with Gasteiger partial charge in [0.05, 0.1) is 39.6 Å². The highest BCUT2D eigenvalue weighted by atomic mass is 32.2. The molecule has 0 spiro atoms. The molecule has 1 aliphatic rings. The summed E-state index contributed by atoms with van der Waals surface area (Å²) < 4.78 is 26.0. The zero-order chi connectivity index (χ0) is 16.9. The fourth-order valence-electron chi connectivity index (χ4n) is 2.03. The summed E-state index contributed by atoms with van der Waals surface area (Å²) in [6, 6.07) is 0. The van der Waals surface area contributed by atoms with Gasteiger partial charge in [0.2, 0.25) is 0 Å². The minimum absolute atomic E-state index is 0.0699. The Morgan fingerprint density at radius 2 is 1.82 bits per heavy atom. The summed E-state index contributed by atoms with van der Waals surface area (Å²) in [4.78, 5) is 1.17. The van der Waals surface area contributed by atoms with Gasteiger partial charge in [-0.3, -0.25) is 0 Å². The summed E-state index contributed by atoms with van der Waals surface area (Å²) in [5.41, 5.74) is 2.47. The number of hydrogen-bond acceptors (Lipinski definition) is 4. The molecule has 0 aliphatic heterocycles. The van der Waals surface area contributed by atoms with E-state index in [2.05, 4.69) is 32.3 Å². The first kappa shape index (κ1) is 19.6. The molecule has 1 N–H and O–H groups in total. The number of hydrogen-bond donors (Lipinski definition) is 1. The van der Waals surface area contributed by atoms with Crippen LogP contribution in [0.2, 0.25) is 0 Å². The summed E-state index contributed by atoms with van der Waals surface area (Å²) in [5.74, 6) is 0. The second kappa shape index (κ2) is 8.41. The first-order valence-electron chi connectivity index (χ1n) is 7.20. The molecule has 1 fully saturated rings. The van der Waals surface area contributed by atoms with E-state index in [9.17, 15) is 7.77 Å². The normalized spacial score (nSPS) is 14.8. The molecule has 0 atom stereocenters. The molecule has 1 heterocycles. The van der Waals surface area contributed by atoms with Gasteiger partial charge in [-0.1, -0.05) is 39.0 Å². The van der Waals surface area contributed by atoms with Crippen LogP contribution in [0.3, 0.4) is 0 Å². The molecule has 0 saturated heterocycles. The number of nitrogens with one attached hydrogen (secondary N) is 1. The Balaban J connectivity index is 0.000000745.